The number of carbonyl (C=O) groups is 1. The van der Waals surface area contributed by atoms with Gasteiger partial charge in [-0.25, -0.2) is 4.39 Å². The molecule has 20 heavy (non-hydrogen) atoms. The lowest BCUT2D eigenvalue weighted by Crippen LogP contribution is -2.13. The molecular weight excluding hydrogens is 279 g/mol. The summed E-state index contributed by atoms with van der Waals surface area (Å²) in [7, 11) is 0. The van der Waals surface area contributed by atoms with Gasteiger partial charge in [-0.3, -0.25) is 4.79 Å². The number of aliphatic hydroxyl groups excluding tert-OH is 1. The fraction of sp³-hybridized carbons (Fsp3) is 0.500. The minimum Gasteiger partial charge on any atom is -0.399 e. The van der Waals surface area contributed by atoms with Crippen molar-refractivity contribution in [3.05, 3.63) is 24.0 Å². The van der Waals surface area contributed by atoms with E-state index < -0.39 is 5.82 Å². The first-order valence-corrected chi connectivity index (χ1v) is 7.72. The Balaban J connectivity index is 2.25. The highest BCUT2D eigenvalue weighted by Crippen LogP contribution is 2.18. The molecule has 112 valence electrons. The van der Waals surface area contributed by atoms with Crippen LogP contribution in [0.2, 0.25) is 0 Å². The van der Waals surface area contributed by atoms with Crippen LogP contribution in [0, 0.1) is 11.7 Å². The van der Waals surface area contributed by atoms with Gasteiger partial charge in [-0.2, -0.15) is 11.8 Å². The van der Waals surface area contributed by atoms with Crippen molar-refractivity contribution in [2.75, 3.05) is 29.2 Å². The zero-order valence-corrected chi connectivity index (χ0v) is 12.4. The molecule has 0 aromatic heterocycles. The standard InChI is InChI=1S/C14H21FN2O2S/c1-10(8-18)9-20-6-2-3-14(19)17-13-7-11(16)4-5-12(13)15/h4-5,7,10,18H,2-3,6,8-9,16H2,1H3,(H,17,19). The third kappa shape index (κ3) is 6.25. The largest absolute Gasteiger partial charge is 0.399 e. The molecule has 0 aliphatic heterocycles. The summed E-state index contributed by atoms with van der Waals surface area (Å²) >= 11 is 1.71. The van der Waals surface area contributed by atoms with E-state index >= 15 is 0 Å². The Morgan fingerprint density at radius 3 is 3.00 bits per heavy atom. The van der Waals surface area contributed by atoms with Crippen LogP contribution in [0.5, 0.6) is 0 Å². The molecule has 0 aliphatic carbocycles. The maximum absolute atomic E-state index is 13.4. The molecule has 0 aliphatic rings. The van der Waals surface area contributed by atoms with Crippen molar-refractivity contribution in [3.63, 3.8) is 0 Å². The zero-order chi connectivity index (χ0) is 15.0. The van der Waals surface area contributed by atoms with Crippen LogP contribution in [0.4, 0.5) is 15.8 Å². The fourth-order valence-corrected chi connectivity index (χ4v) is 2.55. The Morgan fingerprint density at radius 1 is 1.55 bits per heavy atom. The Hall–Kier alpha value is -1.27. The van der Waals surface area contributed by atoms with E-state index in [1.807, 2.05) is 6.92 Å². The summed E-state index contributed by atoms with van der Waals surface area (Å²) in [5.74, 6) is 1.29. The number of hydrogen-bond acceptors (Lipinski definition) is 4. The first-order valence-electron chi connectivity index (χ1n) is 6.56. The number of carbonyl (C=O) groups excluding carboxylic acids is 1. The van der Waals surface area contributed by atoms with Crippen LogP contribution in [0.15, 0.2) is 18.2 Å². The van der Waals surface area contributed by atoms with Crippen LogP contribution in [0.1, 0.15) is 19.8 Å². The number of hydrogen-bond donors (Lipinski definition) is 3. The zero-order valence-electron chi connectivity index (χ0n) is 11.6. The Kier molecular flexibility index (Phi) is 7.40. The highest BCUT2D eigenvalue weighted by molar-refractivity contribution is 7.99. The topological polar surface area (TPSA) is 75.3 Å². The SMILES string of the molecule is CC(CO)CSCCCC(=O)Nc1cc(N)ccc1F. The minimum absolute atomic E-state index is 0.122. The summed E-state index contributed by atoms with van der Waals surface area (Å²) in [6.07, 6.45) is 1.06. The molecule has 0 heterocycles. The number of nitrogen functional groups attached to an aromatic ring is 1. The van der Waals surface area contributed by atoms with Gasteiger partial charge in [-0.1, -0.05) is 6.92 Å². The van der Waals surface area contributed by atoms with Gasteiger partial charge in [0.2, 0.25) is 5.91 Å². The lowest BCUT2D eigenvalue weighted by atomic mass is 10.2. The average Bonchev–Trinajstić information content (AvgIpc) is 2.42. The number of aliphatic hydroxyl groups is 1. The normalized spacial score (nSPS) is 12.2. The van der Waals surface area contributed by atoms with E-state index in [0.717, 1.165) is 17.9 Å². The Morgan fingerprint density at radius 2 is 2.30 bits per heavy atom. The van der Waals surface area contributed by atoms with Gasteiger partial charge in [0.25, 0.3) is 0 Å². The Labute approximate surface area is 122 Å². The fourth-order valence-electron chi connectivity index (χ4n) is 1.52. The van der Waals surface area contributed by atoms with Gasteiger partial charge in [0.05, 0.1) is 5.69 Å². The molecule has 0 spiro atoms. The second-order valence-electron chi connectivity index (χ2n) is 4.75. The molecule has 1 unspecified atom stereocenters. The van der Waals surface area contributed by atoms with Crippen LogP contribution in [-0.4, -0.2) is 29.1 Å². The lowest BCUT2D eigenvalue weighted by molar-refractivity contribution is -0.116. The molecule has 4 N–H and O–H groups in total. The van der Waals surface area contributed by atoms with E-state index in [2.05, 4.69) is 5.32 Å². The van der Waals surface area contributed by atoms with E-state index in [0.29, 0.717) is 12.1 Å². The molecule has 1 rings (SSSR count). The molecule has 0 saturated carbocycles. The van der Waals surface area contributed by atoms with Crippen molar-refractivity contribution < 1.29 is 14.3 Å². The summed E-state index contributed by atoms with van der Waals surface area (Å²) in [5.41, 5.74) is 6.08. The van der Waals surface area contributed by atoms with Gasteiger partial charge in [0, 0.05) is 18.7 Å². The van der Waals surface area contributed by atoms with Crippen molar-refractivity contribution in [1.29, 1.82) is 0 Å². The average molecular weight is 300 g/mol. The van der Waals surface area contributed by atoms with E-state index in [-0.39, 0.29) is 24.1 Å². The van der Waals surface area contributed by atoms with Crippen LogP contribution in [-0.2, 0) is 4.79 Å². The van der Waals surface area contributed by atoms with Gasteiger partial charge in [-0.15, -0.1) is 0 Å². The molecule has 0 bridgehead atoms. The summed E-state index contributed by atoms with van der Waals surface area (Å²) in [6.45, 7) is 2.16. The first-order chi connectivity index (χ1) is 9.52. The highest BCUT2D eigenvalue weighted by Gasteiger charge is 2.07. The second kappa shape index (κ2) is 8.81. The second-order valence-corrected chi connectivity index (χ2v) is 5.90. The molecule has 1 aromatic carbocycles. The summed E-state index contributed by atoms with van der Waals surface area (Å²) in [4.78, 5) is 11.7. The first kappa shape index (κ1) is 16.8. The molecule has 0 radical (unpaired) electrons. The van der Waals surface area contributed by atoms with Crippen LogP contribution in [0.25, 0.3) is 0 Å². The maximum Gasteiger partial charge on any atom is 0.224 e. The molecule has 6 heteroatoms. The van der Waals surface area contributed by atoms with Crippen molar-refractivity contribution in [1.82, 2.24) is 0 Å². The van der Waals surface area contributed by atoms with E-state index in [9.17, 15) is 9.18 Å². The van der Waals surface area contributed by atoms with Crippen LogP contribution < -0.4 is 11.1 Å². The highest BCUT2D eigenvalue weighted by atomic mass is 32.2. The monoisotopic (exact) mass is 300 g/mol. The number of rotatable bonds is 8. The van der Waals surface area contributed by atoms with Gasteiger partial charge in [0.15, 0.2) is 0 Å². The van der Waals surface area contributed by atoms with Gasteiger partial charge in [0.1, 0.15) is 5.82 Å². The third-order valence-corrected chi connectivity index (χ3v) is 4.05. The number of amides is 1. The summed E-state index contributed by atoms with van der Waals surface area (Å²) < 4.78 is 13.4. The van der Waals surface area contributed by atoms with Crippen LogP contribution in [0.3, 0.4) is 0 Å². The predicted octanol–water partition coefficient (Wildman–Crippen LogP) is 2.49. The number of anilines is 2. The van der Waals surface area contributed by atoms with Crippen LogP contribution >= 0.6 is 11.8 Å². The minimum atomic E-state index is -0.487. The smallest absolute Gasteiger partial charge is 0.224 e. The summed E-state index contributed by atoms with van der Waals surface area (Å²) in [5, 5.41) is 11.4. The number of nitrogens with one attached hydrogen (secondary N) is 1. The molecule has 0 saturated heterocycles. The molecule has 1 atom stereocenters. The van der Waals surface area contributed by atoms with Crippen molar-refractivity contribution >= 4 is 29.0 Å². The molecule has 0 fully saturated rings. The van der Waals surface area contributed by atoms with E-state index in [1.165, 1.54) is 18.2 Å². The van der Waals surface area contributed by atoms with Gasteiger partial charge in [-0.05, 0) is 42.0 Å². The van der Waals surface area contributed by atoms with E-state index in [4.69, 9.17) is 10.8 Å². The number of thioether (sulfide) groups is 1. The number of nitrogens with two attached hydrogens (primary N) is 1. The van der Waals surface area contributed by atoms with Gasteiger partial charge < -0.3 is 16.2 Å². The van der Waals surface area contributed by atoms with Crippen molar-refractivity contribution in [2.45, 2.75) is 19.8 Å². The Bertz CT molecular complexity index is 443. The third-order valence-electron chi connectivity index (χ3n) is 2.67. The summed E-state index contributed by atoms with van der Waals surface area (Å²) in [6, 6.07) is 4.09. The number of halogens is 1. The number of benzene rings is 1. The lowest BCUT2D eigenvalue weighted by Gasteiger charge is -2.08. The van der Waals surface area contributed by atoms with Crippen molar-refractivity contribution in [3.8, 4) is 0 Å². The van der Waals surface area contributed by atoms with E-state index in [1.54, 1.807) is 11.8 Å². The predicted molar refractivity (Wildman–Crippen MR) is 82.3 cm³/mol. The molecular formula is C14H21FN2O2S. The molecule has 1 amide bonds. The molecule has 1 aromatic rings. The quantitative estimate of drug-likeness (QED) is 0.509. The maximum atomic E-state index is 13.4. The van der Waals surface area contributed by atoms with Crippen molar-refractivity contribution in [2.24, 2.45) is 5.92 Å². The molecule has 4 nitrogen and oxygen atoms in total. The van der Waals surface area contributed by atoms with Gasteiger partial charge >= 0.3 is 0 Å².